The van der Waals surface area contributed by atoms with E-state index in [2.05, 4.69) is 33.8 Å². The molecule has 0 saturated heterocycles. The van der Waals surface area contributed by atoms with Gasteiger partial charge in [0.1, 0.15) is 0 Å². The molecule has 0 spiro atoms. The maximum atomic E-state index is 2.73. The molecule has 0 radical (unpaired) electrons. The standard InChI is InChI=1S/C25H42/c1-24(2,3)16-7-9-19-12-14-23-22-13-11-18-8-5-6-10-20(18)21(22)15-17-25(19,23)4/h11,19-23H,5-10,12-17H2,1-4H3. The first kappa shape index (κ1) is 18.1. The summed E-state index contributed by atoms with van der Waals surface area (Å²) < 4.78 is 0. The zero-order valence-corrected chi connectivity index (χ0v) is 17.4. The highest BCUT2D eigenvalue weighted by atomic mass is 14.6. The minimum Gasteiger partial charge on any atom is -0.0847 e. The smallest absolute Gasteiger partial charge is 0.0172 e. The summed E-state index contributed by atoms with van der Waals surface area (Å²) >= 11 is 0. The van der Waals surface area contributed by atoms with Gasteiger partial charge in [0.05, 0.1) is 0 Å². The van der Waals surface area contributed by atoms with Gasteiger partial charge in [0.25, 0.3) is 0 Å². The molecule has 0 heteroatoms. The molecule has 0 aliphatic heterocycles. The molecule has 4 aliphatic carbocycles. The highest BCUT2D eigenvalue weighted by molar-refractivity contribution is 5.18. The predicted octanol–water partition coefficient (Wildman–Crippen LogP) is 7.78. The van der Waals surface area contributed by atoms with Gasteiger partial charge in [0, 0.05) is 0 Å². The molecule has 4 rings (SSSR count). The van der Waals surface area contributed by atoms with Gasteiger partial charge in [-0.15, -0.1) is 0 Å². The van der Waals surface area contributed by atoms with E-state index in [9.17, 15) is 0 Å². The van der Waals surface area contributed by atoms with Crippen LogP contribution in [0.15, 0.2) is 11.6 Å². The Balaban J connectivity index is 1.45. The van der Waals surface area contributed by atoms with Crippen LogP contribution < -0.4 is 0 Å². The van der Waals surface area contributed by atoms with Crippen LogP contribution >= 0.6 is 0 Å². The van der Waals surface area contributed by atoms with Gasteiger partial charge >= 0.3 is 0 Å². The Hall–Kier alpha value is -0.260. The molecule has 0 aromatic heterocycles. The van der Waals surface area contributed by atoms with Crippen LogP contribution in [-0.2, 0) is 0 Å². The first-order valence-corrected chi connectivity index (χ1v) is 11.6. The van der Waals surface area contributed by atoms with Crippen molar-refractivity contribution in [3.05, 3.63) is 11.6 Å². The van der Waals surface area contributed by atoms with Crippen LogP contribution in [0.5, 0.6) is 0 Å². The quantitative estimate of drug-likeness (QED) is 0.459. The van der Waals surface area contributed by atoms with Crippen molar-refractivity contribution in [1.82, 2.24) is 0 Å². The molecule has 0 aromatic carbocycles. The predicted molar refractivity (Wildman–Crippen MR) is 108 cm³/mol. The van der Waals surface area contributed by atoms with Crippen molar-refractivity contribution in [1.29, 1.82) is 0 Å². The van der Waals surface area contributed by atoms with Crippen LogP contribution in [0.2, 0.25) is 0 Å². The van der Waals surface area contributed by atoms with Gasteiger partial charge in [-0.3, -0.25) is 0 Å². The van der Waals surface area contributed by atoms with E-state index in [0.717, 1.165) is 29.6 Å². The molecule has 0 heterocycles. The maximum Gasteiger partial charge on any atom is -0.0172 e. The molecule has 0 bridgehead atoms. The van der Waals surface area contributed by atoms with Crippen LogP contribution in [0.25, 0.3) is 0 Å². The average molecular weight is 343 g/mol. The van der Waals surface area contributed by atoms with Crippen LogP contribution in [0.4, 0.5) is 0 Å². The second-order valence-electron chi connectivity index (χ2n) is 11.6. The molecule has 25 heavy (non-hydrogen) atoms. The molecule has 142 valence electrons. The Labute approximate surface area is 157 Å². The van der Waals surface area contributed by atoms with E-state index >= 15 is 0 Å². The van der Waals surface area contributed by atoms with E-state index in [1.165, 1.54) is 57.8 Å². The van der Waals surface area contributed by atoms with Gasteiger partial charge in [0.15, 0.2) is 0 Å². The number of rotatable bonds is 3. The Bertz CT molecular complexity index is 507. The Morgan fingerprint density at radius 2 is 1.88 bits per heavy atom. The fourth-order valence-corrected chi connectivity index (χ4v) is 7.71. The van der Waals surface area contributed by atoms with Gasteiger partial charge in [0.2, 0.25) is 0 Å². The van der Waals surface area contributed by atoms with E-state index in [4.69, 9.17) is 0 Å². The molecular weight excluding hydrogens is 300 g/mol. The van der Waals surface area contributed by atoms with Gasteiger partial charge in [-0.25, -0.2) is 0 Å². The highest BCUT2D eigenvalue weighted by Gasteiger charge is 2.55. The summed E-state index contributed by atoms with van der Waals surface area (Å²) in [6.45, 7) is 9.94. The topological polar surface area (TPSA) is 0 Å². The molecule has 3 fully saturated rings. The molecular formula is C25H42. The van der Waals surface area contributed by atoms with Crippen molar-refractivity contribution < 1.29 is 0 Å². The molecule has 6 unspecified atom stereocenters. The number of fused-ring (bicyclic) bond motifs is 5. The first-order valence-electron chi connectivity index (χ1n) is 11.6. The van der Waals surface area contributed by atoms with Crippen molar-refractivity contribution in [2.75, 3.05) is 0 Å². The fourth-order valence-electron chi connectivity index (χ4n) is 7.71. The third-order valence-corrected chi connectivity index (χ3v) is 9.04. The zero-order valence-electron chi connectivity index (χ0n) is 17.4. The van der Waals surface area contributed by atoms with Crippen LogP contribution in [-0.4, -0.2) is 0 Å². The summed E-state index contributed by atoms with van der Waals surface area (Å²) in [6, 6.07) is 0. The van der Waals surface area contributed by atoms with Gasteiger partial charge in [-0.1, -0.05) is 52.2 Å². The SMILES string of the molecule is CC(C)(C)CCCC1CCC2C3CC=C4CCCCC4C3CCC12C. The van der Waals surface area contributed by atoms with Crippen LogP contribution in [0, 0.1) is 40.4 Å². The second-order valence-corrected chi connectivity index (χ2v) is 11.6. The average Bonchev–Trinajstić information content (AvgIpc) is 2.90. The lowest BCUT2D eigenvalue weighted by molar-refractivity contribution is -0.0145. The Morgan fingerprint density at radius 3 is 2.68 bits per heavy atom. The maximum absolute atomic E-state index is 2.73. The fraction of sp³-hybridized carbons (Fsp3) is 0.920. The van der Waals surface area contributed by atoms with Crippen LogP contribution in [0.1, 0.15) is 105 Å². The highest BCUT2D eigenvalue weighted by Crippen LogP contribution is 2.64. The summed E-state index contributed by atoms with van der Waals surface area (Å²) in [5.74, 6) is 5.17. The van der Waals surface area contributed by atoms with Gasteiger partial charge in [-0.05, 0) is 105 Å². The van der Waals surface area contributed by atoms with Crippen LogP contribution in [0.3, 0.4) is 0 Å². The third-order valence-electron chi connectivity index (χ3n) is 9.04. The minimum atomic E-state index is 0.516. The Kier molecular flexibility index (Phi) is 4.87. The molecule has 4 aliphatic rings. The molecule has 6 atom stereocenters. The summed E-state index contributed by atoms with van der Waals surface area (Å²) in [4.78, 5) is 0. The lowest BCUT2D eigenvalue weighted by atomic mass is 9.51. The first-order chi connectivity index (χ1) is 11.9. The van der Waals surface area contributed by atoms with E-state index in [1.54, 1.807) is 19.3 Å². The molecule has 0 nitrogen and oxygen atoms in total. The number of hydrogen-bond donors (Lipinski definition) is 0. The number of hydrogen-bond acceptors (Lipinski definition) is 0. The molecule has 0 amide bonds. The minimum absolute atomic E-state index is 0.516. The van der Waals surface area contributed by atoms with E-state index < -0.39 is 0 Å². The van der Waals surface area contributed by atoms with E-state index in [1.807, 2.05) is 5.57 Å². The van der Waals surface area contributed by atoms with E-state index in [0.29, 0.717) is 10.8 Å². The van der Waals surface area contributed by atoms with Crippen molar-refractivity contribution in [2.45, 2.75) is 105 Å². The normalized spacial score (nSPS) is 43.8. The Morgan fingerprint density at radius 1 is 1.04 bits per heavy atom. The molecule has 0 aromatic rings. The lowest BCUT2D eigenvalue weighted by Gasteiger charge is -2.53. The van der Waals surface area contributed by atoms with Crippen molar-refractivity contribution in [2.24, 2.45) is 40.4 Å². The molecule has 3 saturated carbocycles. The van der Waals surface area contributed by atoms with Crippen molar-refractivity contribution >= 4 is 0 Å². The monoisotopic (exact) mass is 342 g/mol. The zero-order chi connectivity index (χ0) is 17.7. The second kappa shape index (κ2) is 6.72. The van der Waals surface area contributed by atoms with Gasteiger partial charge in [-0.2, -0.15) is 0 Å². The molecule has 0 N–H and O–H groups in total. The number of allylic oxidation sites excluding steroid dienone is 2. The summed E-state index contributed by atoms with van der Waals surface area (Å²) in [6.07, 6.45) is 20.6. The van der Waals surface area contributed by atoms with Crippen molar-refractivity contribution in [3.8, 4) is 0 Å². The van der Waals surface area contributed by atoms with Crippen molar-refractivity contribution in [3.63, 3.8) is 0 Å². The third kappa shape index (κ3) is 3.37. The largest absolute Gasteiger partial charge is 0.0847 e. The lowest BCUT2D eigenvalue weighted by Crippen LogP contribution is -2.45. The summed E-state index contributed by atoms with van der Waals surface area (Å²) in [7, 11) is 0. The summed E-state index contributed by atoms with van der Waals surface area (Å²) in [5, 5.41) is 0. The van der Waals surface area contributed by atoms with E-state index in [-0.39, 0.29) is 0 Å². The summed E-state index contributed by atoms with van der Waals surface area (Å²) in [5.41, 5.74) is 3.08. The van der Waals surface area contributed by atoms with Gasteiger partial charge < -0.3 is 0 Å².